The first-order valence-electron chi connectivity index (χ1n) is 4.14. The molecule has 16 heavy (non-hydrogen) atoms. The van der Waals surface area contributed by atoms with Crippen molar-refractivity contribution in [1.82, 2.24) is 0 Å². The van der Waals surface area contributed by atoms with Gasteiger partial charge in [0, 0.05) is 0 Å². The largest absolute Gasteiger partial charge is 0.497 e. The van der Waals surface area contributed by atoms with E-state index in [0.29, 0.717) is 5.75 Å². The molecule has 0 atom stereocenters. The van der Waals surface area contributed by atoms with E-state index in [9.17, 15) is 9.59 Å². The predicted molar refractivity (Wildman–Crippen MR) is 52.2 cm³/mol. The third-order valence-corrected chi connectivity index (χ3v) is 1.88. The lowest BCUT2D eigenvalue weighted by atomic mass is 10.1. The van der Waals surface area contributed by atoms with Crippen molar-refractivity contribution in [3.05, 3.63) is 29.3 Å². The van der Waals surface area contributed by atoms with Gasteiger partial charge in [-0.15, -0.1) is 0 Å². The van der Waals surface area contributed by atoms with Gasteiger partial charge in [-0.2, -0.15) is 11.8 Å². The number of hydrogen-bond acceptors (Lipinski definition) is 7. The lowest BCUT2D eigenvalue weighted by Gasteiger charge is -2.07. The van der Waals surface area contributed by atoms with Crippen LogP contribution in [0, 0.1) is 0 Å². The molecule has 1 aromatic rings. The second kappa shape index (κ2) is 5.10. The molecule has 0 aliphatic heterocycles. The highest BCUT2D eigenvalue weighted by Crippen LogP contribution is 2.18. The highest BCUT2D eigenvalue weighted by Gasteiger charge is 2.19. The molecule has 0 fully saturated rings. The molecule has 4 N–H and O–H groups in total. The summed E-state index contributed by atoms with van der Waals surface area (Å²) >= 11 is 0. The van der Waals surface area contributed by atoms with Crippen molar-refractivity contribution in [3.8, 4) is 5.75 Å². The van der Waals surface area contributed by atoms with Crippen LogP contribution >= 0.6 is 0 Å². The third kappa shape index (κ3) is 2.27. The fraction of sp³-hybridized carbons (Fsp3) is 0.111. The van der Waals surface area contributed by atoms with Gasteiger partial charge in [0.15, 0.2) is 0 Å². The van der Waals surface area contributed by atoms with E-state index in [-0.39, 0.29) is 11.1 Å². The van der Waals surface area contributed by atoms with Crippen molar-refractivity contribution < 1.29 is 24.0 Å². The van der Waals surface area contributed by atoms with Gasteiger partial charge in [0.1, 0.15) is 5.75 Å². The van der Waals surface area contributed by atoms with E-state index in [1.165, 1.54) is 25.3 Å². The van der Waals surface area contributed by atoms with Gasteiger partial charge in [-0.3, -0.25) is 0 Å². The number of benzene rings is 1. The summed E-state index contributed by atoms with van der Waals surface area (Å²) in [6.45, 7) is 0. The normalized spacial score (nSPS) is 9.44. The van der Waals surface area contributed by atoms with Crippen LogP contribution in [0.15, 0.2) is 18.2 Å². The van der Waals surface area contributed by atoms with Crippen molar-refractivity contribution >= 4 is 11.9 Å². The molecule has 0 radical (unpaired) electrons. The molecule has 0 aliphatic carbocycles. The van der Waals surface area contributed by atoms with Crippen LogP contribution in [0.5, 0.6) is 5.75 Å². The molecule has 0 aliphatic rings. The summed E-state index contributed by atoms with van der Waals surface area (Å²) in [5.41, 5.74) is -0.143. The van der Waals surface area contributed by atoms with Gasteiger partial charge in [0.2, 0.25) is 0 Å². The Kier molecular flexibility index (Phi) is 3.81. The molecule has 0 spiro atoms. The zero-order chi connectivity index (χ0) is 12.1. The van der Waals surface area contributed by atoms with Crippen LogP contribution in [0.1, 0.15) is 20.7 Å². The number of nitrogens with two attached hydrogens (primary N) is 2. The average molecular weight is 226 g/mol. The molecule has 1 rings (SSSR count). The molecule has 0 unspecified atom stereocenters. The lowest BCUT2D eigenvalue weighted by Crippen LogP contribution is -2.18. The molecule has 1 aromatic carbocycles. The topological polar surface area (TPSA) is 114 Å². The minimum atomic E-state index is -0.890. The summed E-state index contributed by atoms with van der Waals surface area (Å²) in [6, 6.07) is 4.08. The van der Waals surface area contributed by atoms with Gasteiger partial charge in [-0.1, -0.05) is 0 Å². The highest BCUT2D eigenvalue weighted by atomic mass is 16.7. The smallest absolute Gasteiger partial charge is 0.357 e. The molecule has 0 heterocycles. The Balaban J connectivity index is 3.26. The van der Waals surface area contributed by atoms with E-state index in [4.69, 9.17) is 16.5 Å². The Morgan fingerprint density at radius 1 is 1.06 bits per heavy atom. The number of carbonyl (C=O) groups is 2. The monoisotopic (exact) mass is 226 g/mol. The maximum absolute atomic E-state index is 11.3. The second-order valence-electron chi connectivity index (χ2n) is 2.72. The van der Waals surface area contributed by atoms with Gasteiger partial charge in [-0.25, -0.2) is 9.59 Å². The predicted octanol–water partition coefficient (Wildman–Crippen LogP) is -0.244. The SMILES string of the molecule is COc1ccc(C(=O)ON)c(C(=O)ON)c1. The summed E-state index contributed by atoms with van der Waals surface area (Å²) in [4.78, 5) is 30.5. The van der Waals surface area contributed by atoms with E-state index < -0.39 is 11.9 Å². The van der Waals surface area contributed by atoms with Crippen LogP contribution in [0.25, 0.3) is 0 Å². The Bertz CT molecular complexity index is 418. The Labute approximate surface area is 90.8 Å². The molecule has 0 bridgehead atoms. The fourth-order valence-electron chi connectivity index (χ4n) is 1.12. The van der Waals surface area contributed by atoms with Gasteiger partial charge >= 0.3 is 11.9 Å². The van der Waals surface area contributed by atoms with E-state index in [1.807, 2.05) is 0 Å². The molecule has 0 amide bonds. The first-order chi connectivity index (χ1) is 7.63. The van der Waals surface area contributed by atoms with E-state index in [0.717, 1.165) is 0 Å². The van der Waals surface area contributed by atoms with Crippen molar-refractivity contribution in [2.24, 2.45) is 11.8 Å². The molecule has 7 heteroatoms. The molecule has 0 saturated heterocycles. The number of methoxy groups -OCH3 is 1. The van der Waals surface area contributed by atoms with Gasteiger partial charge in [0.25, 0.3) is 0 Å². The summed E-state index contributed by atoms with van der Waals surface area (Å²) in [6.07, 6.45) is 0. The summed E-state index contributed by atoms with van der Waals surface area (Å²) in [5.74, 6) is 8.06. The van der Waals surface area contributed by atoms with E-state index in [1.54, 1.807) is 0 Å². The highest BCUT2D eigenvalue weighted by molar-refractivity contribution is 6.03. The number of hydrogen-bond donors (Lipinski definition) is 2. The minimum absolute atomic E-state index is 0.0567. The van der Waals surface area contributed by atoms with Crippen LogP contribution in [0.4, 0.5) is 0 Å². The first-order valence-corrected chi connectivity index (χ1v) is 4.14. The summed E-state index contributed by atoms with van der Waals surface area (Å²) < 4.78 is 4.89. The maximum atomic E-state index is 11.3. The molecular formula is C9H10N2O5. The van der Waals surface area contributed by atoms with Gasteiger partial charge in [-0.05, 0) is 18.2 Å². The van der Waals surface area contributed by atoms with Gasteiger partial charge in [0.05, 0.1) is 18.2 Å². The first kappa shape index (κ1) is 12.0. The minimum Gasteiger partial charge on any atom is -0.497 e. The van der Waals surface area contributed by atoms with Gasteiger partial charge < -0.3 is 14.4 Å². The fourth-order valence-corrected chi connectivity index (χ4v) is 1.12. The third-order valence-electron chi connectivity index (χ3n) is 1.88. The Morgan fingerprint density at radius 3 is 2.12 bits per heavy atom. The summed E-state index contributed by atoms with van der Waals surface area (Å²) in [7, 11) is 1.41. The number of carbonyl (C=O) groups excluding carboxylic acids is 2. The Hall–Kier alpha value is -2.12. The molecule has 86 valence electrons. The van der Waals surface area contributed by atoms with Crippen LogP contribution < -0.4 is 16.5 Å². The standard InChI is InChI=1S/C9H10N2O5/c1-14-5-2-3-6(8(12)15-10)7(4-5)9(13)16-11/h2-4H,10-11H2,1H3. The number of rotatable bonds is 3. The quantitative estimate of drug-likeness (QED) is 0.683. The van der Waals surface area contributed by atoms with E-state index >= 15 is 0 Å². The van der Waals surface area contributed by atoms with Crippen LogP contribution in [0.3, 0.4) is 0 Å². The second-order valence-corrected chi connectivity index (χ2v) is 2.72. The maximum Gasteiger partial charge on any atom is 0.357 e. The Morgan fingerprint density at radius 2 is 1.62 bits per heavy atom. The molecule has 0 saturated carbocycles. The van der Waals surface area contributed by atoms with Crippen LogP contribution in [0.2, 0.25) is 0 Å². The van der Waals surface area contributed by atoms with Crippen LogP contribution in [-0.4, -0.2) is 19.0 Å². The number of ether oxygens (including phenoxy) is 1. The molecule has 0 aromatic heterocycles. The van der Waals surface area contributed by atoms with Crippen molar-refractivity contribution in [1.29, 1.82) is 0 Å². The molecular weight excluding hydrogens is 216 g/mol. The molecule has 7 nitrogen and oxygen atoms in total. The van der Waals surface area contributed by atoms with E-state index in [2.05, 4.69) is 9.68 Å². The van der Waals surface area contributed by atoms with Crippen molar-refractivity contribution in [2.75, 3.05) is 7.11 Å². The zero-order valence-corrected chi connectivity index (χ0v) is 8.43. The average Bonchev–Trinajstić information content (AvgIpc) is 2.36. The van der Waals surface area contributed by atoms with Crippen LogP contribution in [-0.2, 0) is 9.68 Å². The van der Waals surface area contributed by atoms with Crippen molar-refractivity contribution in [3.63, 3.8) is 0 Å². The zero-order valence-electron chi connectivity index (χ0n) is 8.43. The van der Waals surface area contributed by atoms with Crippen molar-refractivity contribution in [2.45, 2.75) is 0 Å². The lowest BCUT2D eigenvalue weighted by molar-refractivity contribution is 0.0456. The summed E-state index contributed by atoms with van der Waals surface area (Å²) in [5, 5.41) is 0.